The SMILES string of the molecule is O=C(c1cccc(Cl)c1)N1CCC(CCN2CCC(n3c(=O)[nH]c4ccccc43)CC2)CC1. The predicted molar refractivity (Wildman–Crippen MR) is 132 cm³/mol. The van der Waals surface area contributed by atoms with Crippen molar-refractivity contribution in [2.45, 2.75) is 38.1 Å². The van der Waals surface area contributed by atoms with Crippen LogP contribution in [0.5, 0.6) is 0 Å². The summed E-state index contributed by atoms with van der Waals surface area (Å²) in [6.07, 6.45) is 5.32. The van der Waals surface area contributed by atoms with E-state index < -0.39 is 0 Å². The smallest absolute Gasteiger partial charge is 0.326 e. The van der Waals surface area contributed by atoms with E-state index in [4.69, 9.17) is 11.6 Å². The van der Waals surface area contributed by atoms with Crippen LogP contribution in [-0.2, 0) is 0 Å². The van der Waals surface area contributed by atoms with Crippen molar-refractivity contribution in [3.63, 3.8) is 0 Å². The maximum atomic E-state index is 12.7. The van der Waals surface area contributed by atoms with Crippen LogP contribution in [0.15, 0.2) is 53.3 Å². The van der Waals surface area contributed by atoms with Gasteiger partial charge in [-0.2, -0.15) is 0 Å². The summed E-state index contributed by atoms with van der Waals surface area (Å²) >= 11 is 6.04. The van der Waals surface area contributed by atoms with Gasteiger partial charge < -0.3 is 14.8 Å². The number of nitrogens with one attached hydrogen (secondary N) is 1. The van der Waals surface area contributed by atoms with Gasteiger partial charge in [-0.1, -0.05) is 29.8 Å². The molecule has 2 fully saturated rings. The van der Waals surface area contributed by atoms with Gasteiger partial charge in [0.25, 0.3) is 5.91 Å². The van der Waals surface area contributed by atoms with E-state index in [-0.39, 0.29) is 17.6 Å². The molecule has 0 radical (unpaired) electrons. The molecule has 7 heteroatoms. The highest BCUT2D eigenvalue weighted by Crippen LogP contribution is 2.27. The Hall–Kier alpha value is -2.57. The Kier molecular flexibility index (Phi) is 6.56. The van der Waals surface area contributed by atoms with E-state index in [1.54, 1.807) is 12.1 Å². The highest BCUT2D eigenvalue weighted by atomic mass is 35.5. The molecule has 2 aliphatic rings. The van der Waals surface area contributed by atoms with Crippen LogP contribution in [0.25, 0.3) is 11.0 Å². The van der Waals surface area contributed by atoms with Crippen LogP contribution in [-0.4, -0.2) is 58.0 Å². The summed E-state index contributed by atoms with van der Waals surface area (Å²) in [6.45, 7) is 4.80. The maximum absolute atomic E-state index is 12.7. The summed E-state index contributed by atoms with van der Waals surface area (Å²) in [7, 11) is 0. The van der Waals surface area contributed by atoms with Crippen molar-refractivity contribution < 1.29 is 4.79 Å². The molecule has 2 aliphatic heterocycles. The molecule has 3 heterocycles. The fourth-order valence-electron chi connectivity index (χ4n) is 5.43. The van der Waals surface area contributed by atoms with Gasteiger partial charge >= 0.3 is 5.69 Å². The summed E-state index contributed by atoms with van der Waals surface area (Å²) in [5, 5.41) is 0.606. The van der Waals surface area contributed by atoms with Crippen molar-refractivity contribution in [2.24, 2.45) is 5.92 Å². The molecule has 0 saturated carbocycles. The number of carbonyl (C=O) groups is 1. The van der Waals surface area contributed by atoms with Gasteiger partial charge in [0.1, 0.15) is 0 Å². The van der Waals surface area contributed by atoms with Crippen molar-refractivity contribution >= 4 is 28.5 Å². The second-order valence-corrected chi connectivity index (χ2v) is 9.86. The molecule has 0 aliphatic carbocycles. The number of benzene rings is 2. The molecule has 174 valence electrons. The minimum absolute atomic E-state index is 0.00808. The maximum Gasteiger partial charge on any atom is 0.326 e. The summed E-state index contributed by atoms with van der Waals surface area (Å²) < 4.78 is 1.96. The predicted octanol–water partition coefficient (Wildman–Crippen LogP) is 4.56. The number of piperidine rings is 2. The minimum Gasteiger partial charge on any atom is -0.339 e. The molecule has 5 rings (SSSR count). The highest BCUT2D eigenvalue weighted by molar-refractivity contribution is 6.30. The number of para-hydroxylation sites is 2. The van der Waals surface area contributed by atoms with E-state index in [0.717, 1.165) is 69.4 Å². The Balaban J connectivity index is 1.08. The molecule has 1 amide bonds. The molecule has 1 N–H and O–H groups in total. The fourth-order valence-corrected chi connectivity index (χ4v) is 5.62. The number of likely N-dealkylation sites (tertiary alicyclic amines) is 2. The number of hydrogen-bond acceptors (Lipinski definition) is 3. The van der Waals surface area contributed by atoms with E-state index in [1.165, 1.54) is 6.42 Å². The fraction of sp³-hybridized carbons (Fsp3) is 0.462. The van der Waals surface area contributed by atoms with Gasteiger partial charge in [0.05, 0.1) is 11.0 Å². The monoisotopic (exact) mass is 466 g/mol. The van der Waals surface area contributed by atoms with E-state index in [0.29, 0.717) is 16.5 Å². The second kappa shape index (κ2) is 9.74. The molecule has 2 saturated heterocycles. The molecule has 0 unspecified atom stereocenters. The topological polar surface area (TPSA) is 61.3 Å². The van der Waals surface area contributed by atoms with Crippen LogP contribution >= 0.6 is 11.6 Å². The molecule has 3 aromatic rings. The van der Waals surface area contributed by atoms with Crippen LogP contribution in [0.2, 0.25) is 5.02 Å². The third-order valence-corrected chi connectivity index (χ3v) is 7.61. The largest absolute Gasteiger partial charge is 0.339 e. The van der Waals surface area contributed by atoms with Gasteiger partial charge in [0.2, 0.25) is 0 Å². The molecule has 1 aromatic heterocycles. The van der Waals surface area contributed by atoms with E-state index in [2.05, 4.69) is 9.88 Å². The second-order valence-electron chi connectivity index (χ2n) is 9.42. The van der Waals surface area contributed by atoms with Crippen molar-refractivity contribution in [3.8, 4) is 0 Å². The Labute approximate surface area is 199 Å². The number of H-pyrrole nitrogens is 1. The lowest BCUT2D eigenvalue weighted by atomic mass is 9.92. The normalized spacial score (nSPS) is 18.8. The number of nitrogens with zero attached hydrogens (tertiary/aromatic N) is 3. The summed E-state index contributed by atoms with van der Waals surface area (Å²) in [4.78, 5) is 32.7. The number of amides is 1. The number of rotatable bonds is 5. The van der Waals surface area contributed by atoms with Crippen molar-refractivity contribution in [1.29, 1.82) is 0 Å². The van der Waals surface area contributed by atoms with Crippen molar-refractivity contribution in [2.75, 3.05) is 32.7 Å². The Bertz CT molecular complexity index is 1170. The van der Waals surface area contributed by atoms with Gasteiger partial charge in [-0.05, 0) is 74.9 Å². The van der Waals surface area contributed by atoms with Crippen LogP contribution < -0.4 is 5.69 Å². The number of halogens is 1. The summed E-state index contributed by atoms with van der Waals surface area (Å²) in [5.41, 5.74) is 2.62. The van der Waals surface area contributed by atoms with Gasteiger partial charge in [-0.25, -0.2) is 4.79 Å². The number of aromatic amines is 1. The van der Waals surface area contributed by atoms with Crippen molar-refractivity contribution in [3.05, 3.63) is 69.6 Å². The lowest BCUT2D eigenvalue weighted by molar-refractivity contribution is 0.0677. The molecule has 0 atom stereocenters. The standard InChI is InChI=1S/C26H31ClN4O2/c27-21-5-3-4-20(18-21)25(32)30-16-9-19(10-17-30)8-13-29-14-11-22(12-15-29)31-24-7-2-1-6-23(24)28-26(31)33/h1-7,18-19,22H,8-17H2,(H,28,33). The minimum atomic E-state index is 0.00808. The molecule has 33 heavy (non-hydrogen) atoms. The lowest BCUT2D eigenvalue weighted by Gasteiger charge is -2.35. The van der Waals surface area contributed by atoms with Crippen molar-refractivity contribution in [1.82, 2.24) is 19.4 Å². The number of hydrogen-bond donors (Lipinski definition) is 1. The van der Waals surface area contributed by atoms with Gasteiger partial charge in [0, 0.05) is 42.8 Å². The third kappa shape index (κ3) is 4.87. The van der Waals surface area contributed by atoms with Crippen LogP contribution in [0.1, 0.15) is 48.5 Å². The number of aromatic nitrogens is 2. The first-order valence-electron chi connectivity index (χ1n) is 12.0. The molecule has 2 aromatic carbocycles. The number of fused-ring (bicyclic) bond motifs is 1. The van der Waals surface area contributed by atoms with Gasteiger partial charge in [-0.15, -0.1) is 0 Å². The van der Waals surface area contributed by atoms with Crippen LogP contribution in [0.3, 0.4) is 0 Å². The lowest BCUT2D eigenvalue weighted by Crippen LogP contribution is -2.40. The molecular formula is C26H31ClN4O2. The van der Waals surface area contributed by atoms with E-state index in [1.807, 2.05) is 45.9 Å². The first-order valence-corrected chi connectivity index (χ1v) is 12.4. The first-order chi connectivity index (χ1) is 16.1. The third-order valence-electron chi connectivity index (χ3n) is 7.37. The highest BCUT2D eigenvalue weighted by Gasteiger charge is 2.26. The Morgan fingerprint density at radius 2 is 1.73 bits per heavy atom. The zero-order valence-electron chi connectivity index (χ0n) is 18.9. The van der Waals surface area contributed by atoms with Gasteiger partial charge in [-0.3, -0.25) is 9.36 Å². The molecule has 0 spiro atoms. The first kappa shape index (κ1) is 22.2. The summed E-state index contributed by atoms with van der Waals surface area (Å²) in [6, 6.07) is 15.5. The molecular weight excluding hydrogens is 436 g/mol. The average Bonchev–Trinajstić information content (AvgIpc) is 3.18. The Morgan fingerprint density at radius 3 is 2.48 bits per heavy atom. The van der Waals surface area contributed by atoms with E-state index >= 15 is 0 Å². The quantitative estimate of drug-likeness (QED) is 0.599. The summed E-state index contributed by atoms with van der Waals surface area (Å²) in [5.74, 6) is 0.757. The number of carbonyl (C=O) groups excluding carboxylic acids is 1. The number of imidazole rings is 1. The molecule has 0 bridgehead atoms. The van der Waals surface area contributed by atoms with Gasteiger partial charge in [0.15, 0.2) is 0 Å². The molecule has 6 nitrogen and oxygen atoms in total. The van der Waals surface area contributed by atoms with E-state index in [9.17, 15) is 9.59 Å². The average molecular weight is 467 g/mol. The van der Waals surface area contributed by atoms with Crippen LogP contribution in [0.4, 0.5) is 0 Å². The zero-order valence-corrected chi connectivity index (χ0v) is 19.6. The Morgan fingerprint density at radius 1 is 0.970 bits per heavy atom. The van der Waals surface area contributed by atoms with Crippen LogP contribution in [0, 0.1) is 5.92 Å². The zero-order chi connectivity index (χ0) is 22.8.